The third-order valence-corrected chi connectivity index (χ3v) is 4.84. The Morgan fingerprint density at radius 3 is 2.48 bits per heavy atom. The lowest BCUT2D eigenvalue weighted by Gasteiger charge is -2.33. The van der Waals surface area contributed by atoms with E-state index in [0.717, 1.165) is 44.0 Å². The maximum absolute atomic E-state index is 12.5. The maximum Gasteiger partial charge on any atom is 0.257 e. The SMILES string of the molecule is CCN1CCN(C(=O)c2cnc(Nc3ccc(C)c(Cl)c3)nc2)CC1. The van der Waals surface area contributed by atoms with Crippen molar-refractivity contribution in [3.8, 4) is 0 Å². The molecule has 1 aromatic carbocycles. The third-order valence-electron chi connectivity index (χ3n) is 4.43. The molecule has 7 heteroatoms. The molecule has 2 heterocycles. The van der Waals surface area contributed by atoms with Crippen LogP contribution in [0.1, 0.15) is 22.8 Å². The summed E-state index contributed by atoms with van der Waals surface area (Å²) in [7, 11) is 0. The van der Waals surface area contributed by atoms with Crippen molar-refractivity contribution in [3.63, 3.8) is 0 Å². The van der Waals surface area contributed by atoms with Crippen molar-refractivity contribution in [2.24, 2.45) is 0 Å². The number of likely N-dealkylation sites (N-methyl/N-ethyl adjacent to an activating group) is 1. The van der Waals surface area contributed by atoms with Gasteiger partial charge in [-0.2, -0.15) is 0 Å². The van der Waals surface area contributed by atoms with E-state index in [1.807, 2.05) is 30.0 Å². The molecular formula is C18H22ClN5O. The number of aryl methyl sites for hydroxylation is 1. The van der Waals surface area contributed by atoms with Gasteiger partial charge in [-0.1, -0.05) is 24.6 Å². The van der Waals surface area contributed by atoms with Gasteiger partial charge >= 0.3 is 0 Å². The second kappa shape index (κ2) is 7.80. The molecule has 1 aliphatic heterocycles. The molecule has 3 rings (SSSR count). The van der Waals surface area contributed by atoms with Crippen molar-refractivity contribution in [1.82, 2.24) is 19.8 Å². The van der Waals surface area contributed by atoms with Crippen LogP contribution in [-0.4, -0.2) is 58.4 Å². The fourth-order valence-electron chi connectivity index (χ4n) is 2.75. The van der Waals surface area contributed by atoms with Crippen LogP contribution in [0.25, 0.3) is 0 Å². The lowest BCUT2D eigenvalue weighted by atomic mass is 10.2. The summed E-state index contributed by atoms with van der Waals surface area (Å²) in [4.78, 5) is 25.2. The topological polar surface area (TPSA) is 61.4 Å². The first kappa shape index (κ1) is 17.6. The Morgan fingerprint density at radius 2 is 1.88 bits per heavy atom. The lowest BCUT2D eigenvalue weighted by molar-refractivity contribution is 0.0642. The number of anilines is 2. The van der Waals surface area contributed by atoms with Crippen molar-refractivity contribution in [2.45, 2.75) is 13.8 Å². The average Bonchev–Trinajstić information content (AvgIpc) is 2.65. The van der Waals surface area contributed by atoms with Crippen molar-refractivity contribution in [1.29, 1.82) is 0 Å². The summed E-state index contributed by atoms with van der Waals surface area (Å²) in [6.07, 6.45) is 3.14. The Kier molecular flexibility index (Phi) is 5.50. The quantitative estimate of drug-likeness (QED) is 0.909. The van der Waals surface area contributed by atoms with Gasteiger partial charge in [0.2, 0.25) is 5.95 Å². The number of carbonyl (C=O) groups is 1. The third kappa shape index (κ3) is 4.27. The molecule has 0 spiro atoms. The minimum Gasteiger partial charge on any atom is -0.336 e. The zero-order chi connectivity index (χ0) is 17.8. The molecular weight excluding hydrogens is 338 g/mol. The molecule has 0 saturated carbocycles. The highest BCUT2D eigenvalue weighted by molar-refractivity contribution is 6.31. The first-order valence-corrected chi connectivity index (χ1v) is 8.81. The number of hydrogen-bond donors (Lipinski definition) is 1. The van der Waals surface area contributed by atoms with Gasteiger partial charge in [-0.3, -0.25) is 4.79 Å². The van der Waals surface area contributed by atoms with Gasteiger partial charge in [0.25, 0.3) is 5.91 Å². The summed E-state index contributed by atoms with van der Waals surface area (Å²) < 4.78 is 0. The second-order valence-electron chi connectivity index (χ2n) is 6.11. The van der Waals surface area contributed by atoms with Crippen LogP contribution in [0.3, 0.4) is 0 Å². The van der Waals surface area contributed by atoms with Gasteiger partial charge in [-0.15, -0.1) is 0 Å². The number of halogens is 1. The van der Waals surface area contributed by atoms with E-state index in [9.17, 15) is 4.79 Å². The Morgan fingerprint density at radius 1 is 1.20 bits per heavy atom. The highest BCUT2D eigenvalue weighted by Gasteiger charge is 2.21. The number of aromatic nitrogens is 2. The molecule has 1 saturated heterocycles. The number of amides is 1. The average molecular weight is 360 g/mol. The molecule has 25 heavy (non-hydrogen) atoms. The van der Waals surface area contributed by atoms with Crippen LogP contribution in [0.2, 0.25) is 5.02 Å². The normalized spacial score (nSPS) is 15.2. The zero-order valence-corrected chi connectivity index (χ0v) is 15.3. The number of hydrogen-bond acceptors (Lipinski definition) is 5. The summed E-state index contributed by atoms with van der Waals surface area (Å²) in [5.74, 6) is 0.424. The second-order valence-corrected chi connectivity index (χ2v) is 6.52. The van der Waals surface area contributed by atoms with E-state index in [1.165, 1.54) is 0 Å². The molecule has 0 unspecified atom stereocenters. The van der Waals surface area contributed by atoms with Gasteiger partial charge in [0.15, 0.2) is 0 Å². The van der Waals surface area contributed by atoms with E-state index < -0.39 is 0 Å². The van der Waals surface area contributed by atoms with Gasteiger partial charge in [-0.25, -0.2) is 9.97 Å². The van der Waals surface area contributed by atoms with E-state index in [-0.39, 0.29) is 5.91 Å². The first-order chi connectivity index (χ1) is 12.1. The Balaban J connectivity index is 1.63. The molecule has 0 bridgehead atoms. The molecule has 1 fully saturated rings. The Bertz CT molecular complexity index is 742. The van der Waals surface area contributed by atoms with Crippen LogP contribution in [-0.2, 0) is 0 Å². The largest absolute Gasteiger partial charge is 0.336 e. The predicted molar refractivity (Wildman–Crippen MR) is 99.5 cm³/mol. The van der Waals surface area contributed by atoms with Crippen LogP contribution in [0.5, 0.6) is 0 Å². The number of rotatable bonds is 4. The maximum atomic E-state index is 12.5. The van der Waals surface area contributed by atoms with Crippen molar-refractivity contribution in [2.75, 3.05) is 38.0 Å². The number of nitrogens with zero attached hydrogens (tertiary/aromatic N) is 4. The lowest BCUT2D eigenvalue weighted by Crippen LogP contribution is -2.48. The molecule has 0 atom stereocenters. The summed E-state index contributed by atoms with van der Waals surface area (Å²) in [5.41, 5.74) is 2.33. The van der Waals surface area contributed by atoms with Gasteiger partial charge in [0.1, 0.15) is 0 Å². The van der Waals surface area contributed by atoms with E-state index in [4.69, 9.17) is 11.6 Å². The minimum atomic E-state index is -0.0133. The Hall–Kier alpha value is -2.18. The molecule has 132 valence electrons. The monoisotopic (exact) mass is 359 g/mol. The molecule has 1 N–H and O–H groups in total. The summed E-state index contributed by atoms with van der Waals surface area (Å²) in [6, 6.07) is 5.67. The molecule has 6 nitrogen and oxygen atoms in total. The number of piperazine rings is 1. The van der Waals surface area contributed by atoms with Crippen molar-refractivity contribution < 1.29 is 4.79 Å². The molecule has 0 aliphatic carbocycles. The van der Waals surface area contributed by atoms with Crippen molar-refractivity contribution in [3.05, 3.63) is 46.7 Å². The van der Waals surface area contributed by atoms with Crippen LogP contribution in [0.15, 0.2) is 30.6 Å². The van der Waals surface area contributed by atoms with Gasteiger partial charge in [-0.05, 0) is 31.2 Å². The van der Waals surface area contributed by atoms with E-state index in [0.29, 0.717) is 16.5 Å². The van der Waals surface area contributed by atoms with Gasteiger partial charge < -0.3 is 15.1 Å². The van der Waals surface area contributed by atoms with Crippen molar-refractivity contribution >= 4 is 29.1 Å². The summed E-state index contributed by atoms with van der Waals surface area (Å²) >= 11 is 6.12. The van der Waals surface area contributed by atoms with Crippen LogP contribution < -0.4 is 5.32 Å². The zero-order valence-electron chi connectivity index (χ0n) is 14.5. The number of nitrogens with one attached hydrogen (secondary N) is 1. The van der Waals surface area contributed by atoms with E-state index in [2.05, 4.69) is 27.1 Å². The predicted octanol–water partition coefficient (Wildman–Crippen LogP) is 2.96. The van der Waals surface area contributed by atoms with E-state index in [1.54, 1.807) is 12.4 Å². The van der Waals surface area contributed by atoms with Gasteiger partial charge in [0.05, 0.1) is 5.56 Å². The standard InChI is InChI=1S/C18H22ClN5O/c1-3-23-6-8-24(9-7-23)17(25)14-11-20-18(21-12-14)22-15-5-4-13(2)16(19)10-15/h4-5,10-12H,3,6-9H2,1-2H3,(H,20,21,22). The van der Waals surface area contributed by atoms with Crippen LogP contribution >= 0.6 is 11.6 Å². The smallest absolute Gasteiger partial charge is 0.257 e. The summed E-state index contributed by atoms with van der Waals surface area (Å²) in [6.45, 7) is 8.42. The fraction of sp³-hybridized carbons (Fsp3) is 0.389. The molecule has 2 aromatic rings. The minimum absolute atomic E-state index is 0.0133. The number of carbonyl (C=O) groups excluding carboxylic acids is 1. The molecule has 0 radical (unpaired) electrons. The first-order valence-electron chi connectivity index (χ1n) is 8.43. The summed E-state index contributed by atoms with van der Waals surface area (Å²) in [5, 5.41) is 3.78. The molecule has 1 aliphatic rings. The van der Waals surface area contributed by atoms with Gasteiger partial charge in [0, 0.05) is 49.3 Å². The molecule has 1 aromatic heterocycles. The fourth-order valence-corrected chi connectivity index (χ4v) is 2.93. The Labute approximate surface area is 152 Å². The van der Waals surface area contributed by atoms with Crippen LogP contribution in [0, 0.1) is 6.92 Å². The highest BCUT2D eigenvalue weighted by atomic mass is 35.5. The molecule has 1 amide bonds. The number of benzene rings is 1. The van der Waals surface area contributed by atoms with E-state index >= 15 is 0 Å². The highest BCUT2D eigenvalue weighted by Crippen LogP contribution is 2.21. The van der Waals surface area contributed by atoms with Crippen LogP contribution in [0.4, 0.5) is 11.6 Å².